The van der Waals surface area contributed by atoms with Crippen LogP contribution in [0, 0.1) is 11.6 Å². The first-order valence-electron chi connectivity index (χ1n) is 8.69. The van der Waals surface area contributed by atoms with Crippen LogP contribution >= 0.6 is 0 Å². The second-order valence-electron chi connectivity index (χ2n) is 6.23. The van der Waals surface area contributed by atoms with Gasteiger partial charge in [-0.2, -0.15) is 5.10 Å². The predicted octanol–water partition coefficient (Wildman–Crippen LogP) is 2.88. The molecule has 7 heteroatoms. The van der Waals surface area contributed by atoms with Crippen LogP contribution in [-0.2, 0) is 9.53 Å². The van der Waals surface area contributed by atoms with Crippen molar-refractivity contribution in [1.29, 1.82) is 0 Å². The standard InChI is InChI=1S/C20H21F2N3O2/c1-27-11-10-23-13-20(26)25-19(15-4-8-17(22)9-5-15)12-18(24-25)14-2-6-16(21)7-3-14/h2-9,19,23H,10-13H2,1H3. The number of carbonyl (C=O) groups is 1. The highest BCUT2D eigenvalue weighted by Crippen LogP contribution is 2.32. The molecule has 1 unspecified atom stereocenters. The van der Waals surface area contributed by atoms with Gasteiger partial charge in [0.25, 0.3) is 5.91 Å². The van der Waals surface area contributed by atoms with Crippen molar-refractivity contribution in [2.24, 2.45) is 5.10 Å². The van der Waals surface area contributed by atoms with E-state index in [2.05, 4.69) is 10.4 Å². The van der Waals surface area contributed by atoms with Crippen LogP contribution in [0.4, 0.5) is 8.78 Å². The molecule has 0 saturated heterocycles. The summed E-state index contributed by atoms with van der Waals surface area (Å²) in [6.45, 7) is 1.16. The van der Waals surface area contributed by atoms with Gasteiger partial charge in [0.05, 0.1) is 24.9 Å². The maximum Gasteiger partial charge on any atom is 0.257 e. The number of carbonyl (C=O) groups excluding carboxylic acids is 1. The second kappa shape index (κ2) is 8.83. The number of hydrazone groups is 1. The zero-order valence-corrected chi connectivity index (χ0v) is 15.0. The van der Waals surface area contributed by atoms with Crippen LogP contribution in [0.2, 0.25) is 0 Å². The van der Waals surface area contributed by atoms with Gasteiger partial charge in [0.1, 0.15) is 11.6 Å². The Kier molecular flexibility index (Phi) is 6.26. The molecule has 1 atom stereocenters. The average molecular weight is 373 g/mol. The van der Waals surface area contributed by atoms with Crippen LogP contribution in [-0.4, -0.2) is 43.4 Å². The predicted molar refractivity (Wildman–Crippen MR) is 98.3 cm³/mol. The molecule has 0 radical (unpaired) electrons. The molecule has 5 nitrogen and oxygen atoms in total. The second-order valence-corrected chi connectivity index (χ2v) is 6.23. The third-order valence-electron chi connectivity index (χ3n) is 4.36. The molecule has 1 heterocycles. The summed E-state index contributed by atoms with van der Waals surface area (Å²) in [7, 11) is 1.59. The molecule has 0 bridgehead atoms. The zero-order valence-electron chi connectivity index (χ0n) is 15.0. The molecule has 142 valence electrons. The molecule has 1 aliphatic heterocycles. The molecule has 3 rings (SSSR count). The van der Waals surface area contributed by atoms with E-state index in [1.807, 2.05) is 0 Å². The van der Waals surface area contributed by atoms with E-state index in [0.717, 1.165) is 11.1 Å². The van der Waals surface area contributed by atoms with Crippen molar-refractivity contribution in [3.63, 3.8) is 0 Å². The van der Waals surface area contributed by atoms with Crippen LogP contribution in [0.1, 0.15) is 23.6 Å². The minimum Gasteiger partial charge on any atom is -0.383 e. The van der Waals surface area contributed by atoms with Crippen LogP contribution < -0.4 is 5.32 Å². The van der Waals surface area contributed by atoms with Gasteiger partial charge in [-0.25, -0.2) is 13.8 Å². The Morgan fingerprint density at radius 2 is 1.78 bits per heavy atom. The van der Waals surface area contributed by atoms with Crippen molar-refractivity contribution in [1.82, 2.24) is 10.3 Å². The van der Waals surface area contributed by atoms with Gasteiger partial charge in [0.15, 0.2) is 0 Å². The van der Waals surface area contributed by atoms with Gasteiger partial charge in [-0.3, -0.25) is 4.79 Å². The monoisotopic (exact) mass is 373 g/mol. The molecule has 1 aliphatic rings. The summed E-state index contributed by atoms with van der Waals surface area (Å²) in [4.78, 5) is 12.7. The first kappa shape index (κ1) is 19.1. The van der Waals surface area contributed by atoms with Gasteiger partial charge in [0, 0.05) is 20.1 Å². The van der Waals surface area contributed by atoms with Gasteiger partial charge in [-0.05, 0) is 35.4 Å². The van der Waals surface area contributed by atoms with Crippen LogP contribution in [0.15, 0.2) is 53.6 Å². The molecule has 0 aliphatic carbocycles. The summed E-state index contributed by atoms with van der Waals surface area (Å²) in [6, 6.07) is 11.7. The number of rotatable bonds is 7. The number of nitrogens with zero attached hydrogens (tertiary/aromatic N) is 2. The first-order valence-corrected chi connectivity index (χ1v) is 8.69. The van der Waals surface area contributed by atoms with Crippen LogP contribution in [0.5, 0.6) is 0 Å². The van der Waals surface area contributed by atoms with Gasteiger partial charge in [-0.1, -0.05) is 24.3 Å². The van der Waals surface area contributed by atoms with Crippen molar-refractivity contribution in [3.05, 3.63) is 71.3 Å². The number of amides is 1. The number of hydrogen-bond donors (Lipinski definition) is 1. The fourth-order valence-corrected chi connectivity index (χ4v) is 2.95. The Labute approximate surface area is 156 Å². The molecule has 0 aromatic heterocycles. The molecule has 0 saturated carbocycles. The SMILES string of the molecule is COCCNCC(=O)N1N=C(c2ccc(F)cc2)CC1c1ccc(F)cc1. The summed E-state index contributed by atoms with van der Waals surface area (Å²) >= 11 is 0. The topological polar surface area (TPSA) is 53.9 Å². The maximum absolute atomic E-state index is 13.3. The van der Waals surface area contributed by atoms with Crippen molar-refractivity contribution < 1.29 is 18.3 Å². The summed E-state index contributed by atoms with van der Waals surface area (Å²) < 4.78 is 31.4. The Morgan fingerprint density at radius 1 is 1.15 bits per heavy atom. The summed E-state index contributed by atoms with van der Waals surface area (Å²) in [5.74, 6) is -0.865. The van der Waals surface area contributed by atoms with Crippen LogP contribution in [0.3, 0.4) is 0 Å². The highest BCUT2D eigenvalue weighted by molar-refractivity contribution is 6.03. The van der Waals surface area contributed by atoms with Crippen molar-refractivity contribution >= 4 is 11.6 Å². The molecule has 0 spiro atoms. The Bertz CT molecular complexity index is 807. The van der Waals surface area contributed by atoms with Crippen molar-refractivity contribution in [2.45, 2.75) is 12.5 Å². The summed E-state index contributed by atoms with van der Waals surface area (Å²) in [6.07, 6.45) is 0.473. The Balaban J connectivity index is 1.81. The molecule has 2 aromatic carbocycles. The van der Waals surface area contributed by atoms with E-state index in [0.29, 0.717) is 25.3 Å². The normalized spacial score (nSPS) is 16.5. The van der Waals surface area contributed by atoms with Gasteiger partial charge >= 0.3 is 0 Å². The molecule has 2 aromatic rings. The third-order valence-corrected chi connectivity index (χ3v) is 4.36. The highest BCUT2D eigenvalue weighted by Gasteiger charge is 2.32. The van der Waals surface area contributed by atoms with Gasteiger partial charge in [0.2, 0.25) is 0 Å². The van der Waals surface area contributed by atoms with Gasteiger partial charge in [-0.15, -0.1) is 0 Å². The van der Waals surface area contributed by atoms with E-state index in [1.165, 1.54) is 29.3 Å². The van der Waals surface area contributed by atoms with E-state index < -0.39 is 0 Å². The summed E-state index contributed by atoms with van der Waals surface area (Å²) in [5, 5.41) is 8.91. The lowest BCUT2D eigenvalue weighted by atomic mass is 9.98. The molecule has 1 amide bonds. The van der Waals surface area contributed by atoms with Gasteiger partial charge < -0.3 is 10.1 Å². The largest absolute Gasteiger partial charge is 0.383 e. The van der Waals surface area contributed by atoms with E-state index in [1.54, 1.807) is 31.4 Å². The highest BCUT2D eigenvalue weighted by atomic mass is 19.1. The maximum atomic E-state index is 13.3. The number of nitrogens with one attached hydrogen (secondary N) is 1. The first-order chi connectivity index (χ1) is 13.1. The zero-order chi connectivity index (χ0) is 19.2. The third kappa shape index (κ3) is 4.75. The number of ether oxygens (including phenoxy) is 1. The van der Waals surface area contributed by atoms with E-state index in [9.17, 15) is 13.6 Å². The fourth-order valence-electron chi connectivity index (χ4n) is 2.95. The summed E-state index contributed by atoms with van der Waals surface area (Å²) in [5.41, 5.74) is 2.24. The van der Waals surface area contributed by atoms with Crippen molar-refractivity contribution in [3.8, 4) is 0 Å². The van der Waals surface area contributed by atoms with E-state index >= 15 is 0 Å². The molecule has 27 heavy (non-hydrogen) atoms. The number of methoxy groups -OCH3 is 1. The number of halogens is 2. The quantitative estimate of drug-likeness (QED) is 0.760. The Morgan fingerprint density at radius 3 is 2.41 bits per heavy atom. The lowest BCUT2D eigenvalue weighted by molar-refractivity contribution is -0.132. The van der Waals surface area contributed by atoms with Crippen LogP contribution in [0.25, 0.3) is 0 Å². The number of hydrogen-bond acceptors (Lipinski definition) is 4. The van der Waals surface area contributed by atoms with E-state index in [4.69, 9.17) is 4.74 Å². The minimum atomic E-state index is -0.337. The molecule has 0 fully saturated rings. The molecular formula is C20H21F2N3O2. The Hall–Kier alpha value is -2.64. The lowest BCUT2D eigenvalue weighted by Gasteiger charge is -2.22. The van der Waals surface area contributed by atoms with Crippen molar-refractivity contribution in [2.75, 3.05) is 26.8 Å². The fraction of sp³-hybridized carbons (Fsp3) is 0.300. The molecule has 1 N–H and O–H groups in total. The number of benzene rings is 2. The average Bonchev–Trinajstić information content (AvgIpc) is 3.12. The molecular weight excluding hydrogens is 352 g/mol. The lowest BCUT2D eigenvalue weighted by Crippen LogP contribution is -2.36. The smallest absolute Gasteiger partial charge is 0.257 e. The minimum absolute atomic E-state index is 0.112. The van der Waals surface area contributed by atoms with E-state index in [-0.39, 0.29) is 30.1 Å².